The van der Waals surface area contributed by atoms with Gasteiger partial charge in [-0.2, -0.15) is 0 Å². The van der Waals surface area contributed by atoms with Crippen LogP contribution in [0.2, 0.25) is 0 Å². The molecule has 3 N–H and O–H groups in total. The smallest absolute Gasteiger partial charge is 0.317 e. The van der Waals surface area contributed by atoms with Crippen molar-refractivity contribution in [2.75, 3.05) is 13.6 Å². The number of aliphatic hydroxyl groups is 1. The fraction of sp³-hybridized carbons (Fsp3) is 0.846. The summed E-state index contributed by atoms with van der Waals surface area (Å²) in [6.07, 6.45) is 3.26. The molecule has 1 saturated carbocycles. The number of carboxylic acids is 1. The molecule has 0 heterocycles. The van der Waals surface area contributed by atoms with Crippen LogP contribution >= 0.6 is 0 Å². The number of amides is 2. The molecule has 6 nitrogen and oxygen atoms in total. The molecule has 1 aliphatic rings. The van der Waals surface area contributed by atoms with Gasteiger partial charge < -0.3 is 20.4 Å². The summed E-state index contributed by atoms with van der Waals surface area (Å²) in [6, 6.07) is -0.549. The van der Waals surface area contributed by atoms with Crippen LogP contribution in [0.25, 0.3) is 0 Å². The largest absolute Gasteiger partial charge is 0.481 e. The molecule has 0 aromatic carbocycles. The molecule has 6 heteroatoms. The fourth-order valence-electron chi connectivity index (χ4n) is 2.35. The lowest BCUT2D eigenvalue weighted by Gasteiger charge is -2.31. The third kappa shape index (κ3) is 5.06. The molecule has 3 atom stereocenters. The van der Waals surface area contributed by atoms with Gasteiger partial charge in [-0.1, -0.05) is 12.8 Å². The minimum absolute atomic E-state index is 0.265. The van der Waals surface area contributed by atoms with E-state index in [4.69, 9.17) is 5.11 Å². The molecular formula is C13H24N2O4. The number of rotatable bonds is 5. The molecule has 2 amide bonds. The number of carbonyl (C=O) groups excluding carboxylic acids is 1. The summed E-state index contributed by atoms with van der Waals surface area (Å²) >= 11 is 0. The van der Waals surface area contributed by atoms with E-state index in [9.17, 15) is 14.7 Å². The number of aliphatic carboxylic acids is 1. The zero-order chi connectivity index (χ0) is 14.4. The van der Waals surface area contributed by atoms with Crippen LogP contribution in [-0.2, 0) is 4.79 Å². The highest BCUT2D eigenvalue weighted by Gasteiger charge is 2.32. The van der Waals surface area contributed by atoms with Gasteiger partial charge in [0.05, 0.1) is 12.0 Å². The first kappa shape index (κ1) is 15.8. The van der Waals surface area contributed by atoms with E-state index in [-0.39, 0.29) is 12.1 Å². The summed E-state index contributed by atoms with van der Waals surface area (Å²) in [5.41, 5.74) is 0. The molecule has 0 radical (unpaired) electrons. The Morgan fingerprint density at radius 3 is 2.58 bits per heavy atom. The average molecular weight is 272 g/mol. The van der Waals surface area contributed by atoms with Gasteiger partial charge in [0.1, 0.15) is 0 Å². The van der Waals surface area contributed by atoms with Gasteiger partial charge in [-0.15, -0.1) is 0 Å². The maximum Gasteiger partial charge on any atom is 0.317 e. The second kappa shape index (κ2) is 7.33. The Labute approximate surface area is 113 Å². The highest BCUT2D eigenvalue weighted by molar-refractivity contribution is 5.76. The Morgan fingerprint density at radius 1 is 1.37 bits per heavy atom. The van der Waals surface area contributed by atoms with E-state index in [0.717, 1.165) is 12.8 Å². The number of aliphatic hydroxyl groups excluding tert-OH is 1. The van der Waals surface area contributed by atoms with Crippen molar-refractivity contribution < 1.29 is 19.8 Å². The summed E-state index contributed by atoms with van der Waals surface area (Å²) < 4.78 is 0. The number of hydrogen-bond donors (Lipinski definition) is 3. The average Bonchev–Trinajstić information content (AvgIpc) is 2.36. The molecule has 1 rings (SSSR count). The zero-order valence-electron chi connectivity index (χ0n) is 11.6. The van der Waals surface area contributed by atoms with Gasteiger partial charge in [-0.25, -0.2) is 4.79 Å². The highest BCUT2D eigenvalue weighted by Crippen LogP contribution is 2.24. The van der Waals surface area contributed by atoms with Gasteiger partial charge in [0.2, 0.25) is 0 Å². The molecule has 0 saturated heterocycles. The molecule has 0 spiro atoms. The fourth-order valence-corrected chi connectivity index (χ4v) is 2.35. The van der Waals surface area contributed by atoms with Crippen molar-refractivity contribution in [2.24, 2.45) is 5.92 Å². The van der Waals surface area contributed by atoms with Crippen molar-refractivity contribution in [3.05, 3.63) is 0 Å². The Hall–Kier alpha value is -1.30. The number of carbonyl (C=O) groups is 2. The third-order valence-corrected chi connectivity index (χ3v) is 3.62. The molecule has 3 unspecified atom stereocenters. The predicted octanol–water partition coefficient (Wildman–Crippen LogP) is 1.04. The lowest BCUT2D eigenvalue weighted by molar-refractivity contribution is -0.143. The van der Waals surface area contributed by atoms with Crippen LogP contribution in [0, 0.1) is 5.92 Å². The number of hydrogen-bond acceptors (Lipinski definition) is 3. The maximum atomic E-state index is 11.9. The van der Waals surface area contributed by atoms with Crippen LogP contribution in [0.4, 0.5) is 4.79 Å². The molecule has 1 aliphatic carbocycles. The Balaban J connectivity index is 2.47. The molecule has 0 bridgehead atoms. The summed E-state index contributed by atoms with van der Waals surface area (Å²) in [6.45, 7) is 2.13. The Kier molecular flexibility index (Phi) is 6.08. The van der Waals surface area contributed by atoms with Crippen molar-refractivity contribution in [1.82, 2.24) is 10.2 Å². The second-order valence-corrected chi connectivity index (χ2v) is 5.34. The van der Waals surface area contributed by atoms with E-state index < -0.39 is 18.0 Å². The summed E-state index contributed by atoms with van der Waals surface area (Å²) in [4.78, 5) is 24.6. The topological polar surface area (TPSA) is 89.9 Å². The predicted molar refractivity (Wildman–Crippen MR) is 70.8 cm³/mol. The van der Waals surface area contributed by atoms with Gasteiger partial charge in [0.15, 0.2) is 0 Å². The molecule has 19 heavy (non-hydrogen) atoms. The van der Waals surface area contributed by atoms with Gasteiger partial charge >= 0.3 is 12.0 Å². The van der Waals surface area contributed by atoms with Crippen molar-refractivity contribution in [1.29, 1.82) is 0 Å². The van der Waals surface area contributed by atoms with Gasteiger partial charge in [0.25, 0.3) is 0 Å². The first-order chi connectivity index (χ1) is 8.91. The highest BCUT2D eigenvalue weighted by atomic mass is 16.4. The van der Waals surface area contributed by atoms with Gasteiger partial charge in [-0.3, -0.25) is 4.79 Å². The maximum absolute atomic E-state index is 11.9. The number of carboxylic acid groups (broad SMARTS) is 1. The third-order valence-electron chi connectivity index (χ3n) is 3.62. The van der Waals surface area contributed by atoms with Crippen LogP contribution < -0.4 is 5.32 Å². The van der Waals surface area contributed by atoms with Crippen LogP contribution in [0.1, 0.15) is 39.0 Å². The van der Waals surface area contributed by atoms with Crippen LogP contribution in [-0.4, -0.2) is 52.9 Å². The van der Waals surface area contributed by atoms with E-state index in [1.165, 1.54) is 4.90 Å². The first-order valence-electron chi connectivity index (χ1n) is 6.84. The van der Waals surface area contributed by atoms with Crippen LogP contribution in [0.15, 0.2) is 0 Å². The molecule has 0 aromatic heterocycles. The van der Waals surface area contributed by atoms with Crippen molar-refractivity contribution in [2.45, 2.75) is 51.2 Å². The minimum Gasteiger partial charge on any atom is -0.481 e. The second-order valence-electron chi connectivity index (χ2n) is 5.34. The first-order valence-corrected chi connectivity index (χ1v) is 6.84. The van der Waals surface area contributed by atoms with E-state index in [1.807, 2.05) is 0 Å². The van der Waals surface area contributed by atoms with Crippen LogP contribution in [0.3, 0.4) is 0 Å². The van der Waals surface area contributed by atoms with E-state index in [2.05, 4.69) is 5.32 Å². The minimum atomic E-state index is -0.836. The van der Waals surface area contributed by atoms with Gasteiger partial charge in [-0.05, 0) is 26.2 Å². The van der Waals surface area contributed by atoms with Crippen molar-refractivity contribution in [3.8, 4) is 0 Å². The number of urea groups is 1. The summed E-state index contributed by atoms with van der Waals surface area (Å²) in [5, 5.41) is 21.1. The van der Waals surface area contributed by atoms with Crippen LogP contribution in [0.5, 0.6) is 0 Å². The number of nitrogens with zero attached hydrogens (tertiary/aromatic N) is 1. The Morgan fingerprint density at radius 2 is 2.00 bits per heavy atom. The lowest BCUT2D eigenvalue weighted by atomic mass is 9.84. The van der Waals surface area contributed by atoms with Crippen molar-refractivity contribution >= 4 is 12.0 Å². The number of nitrogens with one attached hydrogen (secondary N) is 1. The zero-order valence-corrected chi connectivity index (χ0v) is 11.6. The Bertz CT molecular complexity index is 320. The van der Waals surface area contributed by atoms with E-state index in [1.54, 1.807) is 14.0 Å². The van der Waals surface area contributed by atoms with E-state index in [0.29, 0.717) is 25.8 Å². The molecule has 0 aromatic rings. The molecule has 110 valence electrons. The lowest BCUT2D eigenvalue weighted by Crippen LogP contribution is -2.49. The monoisotopic (exact) mass is 272 g/mol. The molecule has 0 aliphatic heterocycles. The van der Waals surface area contributed by atoms with E-state index >= 15 is 0 Å². The SMILES string of the molecule is CC(O)CCN(C)C(=O)NC1CCCCC1C(=O)O. The summed E-state index contributed by atoms with van der Waals surface area (Å²) in [5.74, 6) is -1.32. The molecule has 1 fully saturated rings. The quantitative estimate of drug-likeness (QED) is 0.697. The molecular weight excluding hydrogens is 248 g/mol. The van der Waals surface area contributed by atoms with Crippen molar-refractivity contribution in [3.63, 3.8) is 0 Å². The summed E-state index contributed by atoms with van der Waals surface area (Å²) in [7, 11) is 1.65. The van der Waals surface area contributed by atoms with Gasteiger partial charge in [0, 0.05) is 19.6 Å². The standard InChI is InChI=1S/C13H24N2O4/c1-9(16)7-8-15(2)13(19)14-11-6-4-3-5-10(11)12(17)18/h9-11,16H,3-8H2,1-2H3,(H,14,19)(H,17,18). The normalized spacial score (nSPS) is 24.6.